The quantitative estimate of drug-likeness (QED) is 0.117. The van der Waals surface area contributed by atoms with Gasteiger partial charge in [0.1, 0.15) is 0 Å². The summed E-state index contributed by atoms with van der Waals surface area (Å²) in [5, 5.41) is 4.78. The molecule has 0 unspecified atom stereocenters. The van der Waals surface area contributed by atoms with Crippen LogP contribution in [0.1, 0.15) is 22.3 Å². The van der Waals surface area contributed by atoms with Crippen LogP contribution >= 0.6 is 0 Å². The van der Waals surface area contributed by atoms with Crippen LogP contribution in [0, 0.1) is 0 Å². The maximum absolute atomic E-state index is 2.56. The van der Waals surface area contributed by atoms with Gasteiger partial charge in [-0.2, -0.15) is 0 Å². The van der Waals surface area contributed by atoms with Gasteiger partial charge < -0.3 is 4.90 Å². The molecule has 1 heteroatoms. The van der Waals surface area contributed by atoms with Gasteiger partial charge >= 0.3 is 0 Å². The molecule has 0 heterocycles. The van der Waals surface area contributed by atoms with E-state index in [2.05, 4.69) is 339 Å². The molecule has 14 aromatic rings. The molecule has 0 saturated heterocycles. The Morgan fingerprint density at radius 1 is 0.207 bits per heavy atom. The molecule has 0 N–H and O–H groups in total. The Labute approximate surface area is 480 Å². The summed E-state index contributed by atoms with van der Waals surface area (Å²) in [6.07, 6.45) is 0. The minimum atomic E-state index is -0.595. The molecule has 82 heavy (non-hydrogen) atoms. The third-order valence-corrected chi connectivity index (χ3v) is 17.0. The molecule has 14 aromatic carbocycles. The highest BCUT2D eigenvalue weighted by Gasteiger charge is 2.46. The van der Waals surface area contributed by atoms with Gasteiger partial charge in [-0.15, -0.1) is 0 Å². The summed E-state index contributed by atoms with van der Waals surface area (Å²) in [4.78, 5) is 2.56. The van der Waals surface area contributed by atoms with Crippen LogP contribution in [0.15, 0.2) is 334 Å². The Bertz CT molecular complexity index is 4600. The zero-order valence-corrected chi connectivity index (χ0v) is 45.2. The average molecular weight is 1040 g/mol. The Kier molecular flexibility index (Phi) is 12.2. The first-order valence-corrected chi connectivity index (χ1v) is 28.4. The summed E-state index contributed by atoms with van der Waals surface area (Å²) in [6, 6.07) is 123. The predicted molar refractivity (Wildman–Crippen MR) is 346 cm³/mol. The van der Waals surface area contributed by atoms with Crippen LogP contribution in [0.3, 0.4) is 0 Å². The summed E-state index contributed by atoms with van der Waals surface area (Å²) in [6.45, 7) is 0. The fraction of sp³-hybridized carbons (Fsp3) is 0.0123. The fourth-order valence-electron chi connectivity index (χ4n) is 13.3. The normalized spacial score (nSPS) is 12.2. The van der Waals surface area contributed by atoms with Crippen molar-refractivity contribution in [2.45, 2.75) is 5.41 Å². The van der Waals surface area contributed by atoms with Crippen molar-refractivity contribution in [2.75, 3.05) is 4.90 Å². The number of hydrogen-bond donors (Lipinski definition) is 0. The third kappa shape index (κ3) is 8.17. The lowest BCUT2D eigenvalue weighted by Gasteiger charge is -2.35. The van der Waals surface area contributed by atoms with Gasteiger partial charge in [-0.1, -0.05) is 303 Å². The van der Waals surface area contributed by atoms with E-state index in [-0.39, 0.29) is 0 Å². The fourth-order valence-corrected chi connectivity index (χ4v) is 13.3. The van der Waals surface area contributed by atoms with Gasteiger partial charge in [0.2, 0.25) is 0 Å². The summed E-state index contributed by atoms with van der Waals surface area (Å²) < 4.78 is 0. The number of nitrogens with zero attached hydrogens (tertiary/aromatic N) is 1. The first kappa shape index (κ1) is 48.5. The Morgan fingerprint density at radius 2 is 0.585 bits per heavy atom. The van der Waals surface area contributed by atoms with E-state index < -0.39 is 5.41 Å². The number of anilines is 3. The molecule has 0 saturated carbocycles. The molecule has 1 aliphatic carbocycles. The van der Waals surface area contributed by atoms with E-state index in [1.807, 2.05) is 0 Å². The Balaban J connectivity index is 0.968. The summed E-state index contributed by atoms with van der Waals surface area (Å²) >= 11 is 0. The third-order valence-electron chi connectivity index (χ3n) is 17.0. The lowest BCUT2D eigenvalue weighted by atomic mass is 9.67. The van der Waals surface area contributed by atoms with Crippen molar-refractivity contribution in [2.24, 2.45) is 0 Å². The van der Waals surface area contributed by atoms with Gasteiger partial charge in [-0.25, -0.2) is 0 Å². The van der Waals surface area contributed by atoms with E-state index in [1.165, 1.54) is 99.4 Å². The van der Waals surface area contributed by atoms with Crippen LogP contribution in [-0.4, -0.2) is 0 Å². The van der Waals surface area contributed by atoms with Crippen LogP contribution in [0.25, 0.3) is 99.4 Å². The smallest absolute Gasteiger partial charge is 0.0714 e. The SMILES string of the molecule is c1ccc(-c2ccccc2-c2ccc(-c3ccc(N(c4ccc5c(c4)C(c4ccccc4)(c4ccccc4)c4ccccc4-5)c4c(-c5cccc(-c6ccccc6-c6ccccc6)c5)c5ccccc5c5ccccc45)cc3)cc2)cc1. The Morgan fingerprint density at radius 3 is 1.16 bits per heavy atom. The number of rotatable bonds is 11. The van der Waals surface area contributed by atoms with E-state index in [9.17, 15) is 0 Å². The Hall–Kier alpha value is -10.6. The molecule has 0 amide bonds. The van der Waals surface area contributed by atoms with Crippen LogP contribution in [0.4, 0.5) is 17.1 Å². The van der Waals surface area contributed by atoms with Crippen LogP contribution in [0.2, 0.25) is 0 Å². The van der Waals surface area contributed by atoms with Gasteiger partial charge in [-0.05, 0) is 141 Å². The highest BCUT2D eigenvalue weighted by Crippen LogP contribution is 2.58. The first-order valence-electron chi connectivity index (χ1n) is 28.4. The van der Waals surface area contributed by atoms with Gasteiger partial charge in [0.25, 0.3) is 0 Å². The molecule has 1 nitrogen and oxygen atoms in total. The molecule has 384 valence electrons. The van der Waals surface area contributed by atoms with Gasteiger partial charge in [-0.3, -0.25) is 0 Å². The highest BCUT2D eigenvalue weighted by atomic mass is 15.1. The van der Waals surface area contributed by atoms with E-state index in [0.717, 1.165) is 39.3 Å². The van der Waals surface area contributed by atoms with E-state index in [1.54, 1.807) is 0 Å². The lowest BCUT2D eigenvalue weighted by Crippen LogP contribution is -2.28. The van der Waals surface area contributed by atoms with Crippen molar-refractivity contribution in [1.29, 1.82) is 0 Å². The van der Waals surface area contributed by atoms with Crippen LogP contribution < -0.4 is 4.90 Å². The number of hydrogen-bond acceptors (Lipinski definition) is 1. The predicted octanol–water partition coefficient (Wildman–Crippen LogP) is 21.8. The summed E-state index contributed by atoms with van der Waals surface area (Å²) in [7, 11) is 0. The van der Waals surface area contributed by atoms with Crippen molar-refractivity contribution in [3.05, 3.63) is 356 Å². The maximum Gasteiger partial charge on any atom is 0.0714 e. The topological polar surface area (TPSA) is 3.24 Å². The maximum atomic E-state index is 2.56. The summed E-state index contributed by atoms with van der Waals surface area (Å²) in [5.41, 5.74) is 24.4. The van der Waals surface area contributed by atoms with E-state index in [4.69, 9.17) is 0 Å². The molecule has 0 aromatic heterocycles. The van der Waals surface area contributed by atoms with Gasteiger partial charge in [0, 0.05) is 22.3 Å². The molecule has 0 fully saturated rings. The van der Waals surface area contributed by atoms with Crippen molar-refractivity contribution in [3.63, 3.8) is 0 Å². The van der Waals surface area contributed by atoms with E-state index >= 15 is 0 Å². The molecule has 1 aliphatic rings. The monoisotopic (exact) mass is 1040 g/mol. The van der Waals surface area contributed by atoms with Crippen molar-refractivity contribution in [3.8, 4) is 77.9 Å². The molecule has 0 radical (unpaired) electrons. The minimum absolute atomic E-state index is 0.595. The molecular weight excluding hydrogens is 987 g/mol. The van der Waals surface area contributed by atoms with Crippen molar-refractivity contribution >= 4 is 38.6 Å². The van der Waals surface area contributed by atoms with Gasteiger partial charge in [0.15, 0.2) is 0 Å². The second kappa shape index (κ2) is 20.6. The first-order chi connectivity index (χ1) is 40.7. The van der Waals surface area contributed by atoms with Gasteiger partial charge in [0.05, 0.1) is 11.1 Å². The molecule has 0 spiro atoms. The largest absolute Gasteiger partial charge is 0.309 e. The highest BCUT2D eigenvalue weighted by molar-refractivity contribution is 6.22. The molecular formula is C81H55N. The summed E-state index contributed by atoms with van der Waals surface area (Å²) in [5.74, 6) is 0. The lowest BCUT2D eigenvalue weighted by molar-refractivity contribution is 0.768. The number of fused-ring (bicyclic) bond motifs is 6. The molecule has 15 rings (SSSR count). The second-order valence-electron chi connectivity index (χ2n) is 21.4. The standard InChI is InChI=1S/C81H55N/c1-5-24-58(25-6-1)67-34-13-14-36-69(67)60-46-44-56(45-47-60)57-48-50-65(51-49-57)82(66-52-53-74-73-40-21-22-43-77(73)81(78(74)55-66,63-30-9-3-10-31-63)64-32-11-4-12-33-64)80-76-42-20-18-39-72(76)71-38-17-19-41-75(71)79(80)62-29-23-28-61(54-62)70-37-16-15-35-68(70)59-26-7-2-8-27-59/h1-55H. The number of benzene rings is 14. The zero-order valence-electron chi connectivity index (χ0n) is 45.2. The van der Waals surface area contributed by atoms with Crippen molar-refractivity contribution in [1.82, 2.24) is 0 Å². The molecule has 0 atom stereocenters. The van der Waals surface area contributed by atoms with Crippen LogP contribution in [-0.2, 0) is 5.41 Å². The second-order valence-corrected chi connectivity index (χ2v) is 21.4. The molecule has 0 aliphatic heterocycles. The zero-order chi connectivity index (χ0) is 54.4. The van der Waals surface area contributed by atoms with E-state index in [0.29, 0.717) is 0 Å². The van der Waals surface area contributed by atoms with Crippen molar-refractivity contribution < 1.29 is 0 Å². The molecule has 0 bridgehead atoms. The minimum Gasteiger partial charge on any atom is -0.309 e. The van der Waals surface area contributed by atoms with Crippen LogP contribution in [0.5, 0.6) is 0 Å². The average Bonchev–Trinajstić information content (AvgIpc) is 3.65.